The molecule has 110 valence electrons. The summed E-state index contributed by atoms with van der Waals surface area (Å²) in [4.78, 5) is 3.96. The van der Waals surface area contributed by atoms with Crippen LogP contribution in [0.3, 0.4) is 0 Å². The predicted molar refractivity (Wildman–Crippen MR) is 61.5 cm³/mol. The van der Waals surface area contributed by atoms with E-state index in [-0.39, 0.29) is 12.4 Å². The fraction of sp³-hybridized carbons (Fsp3) is 0.818. The Kier molecular flexibility index (Phi) is 6.23. The van der Waals surface area contributed by atoms with Crippen LogP contribution in [0.4, 0.5) is 13.2 Å². The van der Waals surface area contributed by atoms with Crippen molar-refractivity contribution in [2.24, 2.45) is 0 Å². The molecule has 5 nitrogen and oxygen atoms in total. The van der Waals surface area contributed by atoms with Crippen molar-refractivity contribution in [1.29, 1.82) is 0 Å². The SMILES string of the molecule is CCNC(C)CCc1nc(COCC(F)(F)F)no1. The van der Waals surface area contributed by atoms with Crippen molar-refractivity contribution in [3.05, 3.63) is 11.7 Å². The Balaban J connectivity index is 2.28. The molecule has 8 heteroatoms. The van der Waals surface area contributed by atoms with Gasteiger partial charge < -0.3 is 14.6 Å². The van der Waals surface area contributed by atoms with Crippen LogP contribution in [0.5, 0.6) is 0 Å². The summed E-state index contributed by atoms with van der Waals surface area (Å²) in [7, 11) is 0. The van der Waals surface area contributed by atoms with E-state index in [0.29, 0.717) is 18.4 Å². The highest BCUT2D eigenvalue weighted by molar-refractivity contribution is 4.85. The Labute approximate surface area is 109 Å². The van der Waals surface area contributed by atoms with Crippen LogP contribution in [0, 0.1) is 0 Å². The van der Waals surface area contributed by atoms with Crippen molar-refractivity contribution < 1.29 is 22.4 Å². The number of nitrogens with one attached hydrogen (secondary N) is 1. The second-order valence-corrected chi connectivity index (χ2v) is 4.21. The zero-order valence-corrected chi connectivity index (χ0v) is 11.0. The number of nitrogens with zero attached hydrogens (tertiary/aromatic N) is 2. The van der Waals surface area contributed by atoms with Crippen molar-refractivity contribution >= 4 is 0 Å². The molecule has 1 atom stereocenters. The average molecular weight is 281 g/mol. The third kappa shape index (κ3) is 7.12. The number of hydrogen-bond donors (Lipinski definition) is 1. The first-order valence-corrected chi connectivity index (χ1v) is 6.10. The molecule has 1 rings (SSSR count). The predicted octanol–water partition coefficient (Wildman–Crippen LogP) is 2.08. The van der Waals surface area contributed by atoms with Crippen LogP contribution in [-0.4, -0.2) is 35.5 Å². The van der Waals surface area contributed by atoms with Crippen molar-refractivity contribution in [3.8, 4) is 0 Å². The monoisotopic (exact) mass is 281 g/mol. The number of aryl methyl sites for hydroxylation is 1. The van der Waals surface area contributed by atoms with Crippen molar-refractivity contribution in [2.75, 3.05) is 13.2 Å². The summed E-state index contributed by atoms with van der Waals surface area (Å²) in [5.74, 6) is 0.547. The normalized spacial score (nSPS) is 13.7. The average Bonchev–Trinajstić information content (AvgIpc) is 2.73. The van der Waals surface area contributed by atoms with Gasteiger partial charge in [0.25, 0.3) is 0 Å². The third-order valence-electron chi connectivity index (χ3n) is 2.35. The van der Waals surface area contributed by atoms with Crippen molar-refractivity contribution in [2.45, 2.75) is 45.5 Å². The molecule has 1 aromatic heterocycles. The molecule has 0 aliphatic rings. The van der Waals surface area contributed by atoms with E-state index in [1.807, 2.05) is 13.8 Å². The maximum atomic E-state index is 11.8. The quantitative estimate of drug-likeness (QED) is 0.790. The van der Waals surface area contributed by atoms with Gasteiger partial charge in [0.2, 0.25) is 5.89 Å². The topological polar surface area (TPSA) is 60.2 Å². The zero-order valence-electron chi connectivity index (χ0n) is 11.0. The fourth-order valence-corrected chi connectivity index (χ4v) is 1.50. The number of halogens is 3. The number of ether oxygens (including phenoxy) is 1. The maximum Gasteiger partial charge on any atom is 0.411 e. The van der Waals surface area contributed by atoms with Gasteiger partial charge in [-0.25, -0.2) is 0 Å². The minimum absolute atomic E-state index is 0.135. The Hall–Kier alpha value is -1.15. The summed E-state index contributed by atoms with van der Waals surface area (Å²) in [6, 6.07) is 0.321. The zero-order chi connectivity index (χ0) is 14.3. The lowest BCUT2D eigenvalue weighted by Crippen LogP contribution is -2.25. The molecule has 0 aromatic carbocycles. The first-order valence-electron chi connectivity index (χ1n) is 6.10. The Morgan fingerprint density at radius 2 is 2.16 bits per heavy atom. The van der Waals surface area contributed by atoms with E-state index in [9.17, 15) is 13.2 Å². The van der Waals surface area contributed by atoms with Crippen LogP contribution in [0.15, 0.2) is 4.52 Å². The number of aromatic nitrogens is 2. The summed E-state index contributed by atoms with van der Waals surface area (Å²) in [6.07, 6.45) is -2.94. The van der Waals surface area contributed by atoms with Gasteiger partial charge in [0.05, 0.1) is 0 Å². The molecule has 1 aromatic rings. The van der Waals surface area contributed by atoms with E-state index in [1.54, 1.807) is 0 Å². The summed E-state index contributed by atoms with van der Waals surface area (Å²) in [5.41, 5.74) is 0. The van der Waals surface area contributed by atoms with Crippen molar-refractivity contribution in [1.82, 2.24) is 15.5 Å². The molecule has 19 heavy (non-hydrogen) atoms. The van der Waals surface area contributed by atoms with Crippen LogP contribution in [0.1, 0.15) is 32.0 Å². The van der Waals surface area contributed by atoms with Crippen LogP contribution in [-0.2, 0) is 17.8 Å². The van der Waals surface area contributed by atoms with Gasteiger partial charge in [-0.15, -0.1) is 0 Å². The van der Waals surface area contributed by atoms with Crippen LogP contribution in [0.25, 0.3) is 0 Å². The molecular formula is C11H18F3N3O2. The summed E-state index contributed by atoms with van der Waals surface area (Å²) < 4.78 is 44.9. The maximum absolute atomic E-state index is 11.8. The number of hydrogen-bond acceptors (Lipinski definition) is 5. The first-order chi connectivity index (χ1) is 8.90. The van der Waals surface area contributed by atoms with E-state index >= 15 is 0 Å². The Morgan fingerprint density at radius 3 is 2.79 bits per heavy atom. The van der Waals surface area contributed by atoms with Gasteiger partial charge >= 0.3 is 6.18 Å². The second kappa shape index (κ2) is 7.44. The highest BCUT2D eigenvalue weighted by Gasteiger charge is 2.27. The van der Waals surface area contributed by atoms with Gasteiger partial charge in [-0.2, -0.15) is 18.2 Å². The molecule has 0 fully saturated rings. The van der Waals surface area contributed by atoms with Gasteiger partial charge in [-0.1, -0.05) is 12.1 Å². The Morgan fingerprint density at radius 1 is 1.42 bits per heavy atom. The molecule has 1 N–H and O–H groups in total. The summed E-state index contributed by atoms with van der Waals surface area (Å²) in [5, 5.41) is 6.79. The van der Waals surface area contributed by atoms with Gasteiger partial charge in [0.1, 0.15) is 13.2 Å². The fourth-order valence-electron chi connectivity index (χ4n) is 1.50. The minimum Gasteiger partial charge on any atom is -0.364 e. The molecule has 0 spiro atoms. The number of alkyl halides is 3. The van der Waals surface area contributed by atoms with Crippen LogP contribution < -0.4 is 5.32 Å². The van der Waals surface area contributed by atoms with Gasteiger partial charge in [-0.3, -0.25) is 0 Å². The molecule has 0 saturated carbocycles. The molecule has 0 saturated heterocycles. The molecule has 0 bridgehead atoms. The van der Waals surface area contributed by atoms with E-state index < -0.39 is 12.8 Å². The van der Waals surface area contributed by atoms with E-state index in [2.05, 4.69) is 20.2 Å². The minimum atomic E-state index is -4.34. The standard InChI is InChI=1S/C11H18F3N3O2/c1-3-15-8(2)4-5-10-16-9(17-19-10)6-18-7-11(12,13)14/h8,15H,3-7H2,1-2H3. The van der Waals surface area contributed by atoms with Crippen LogP contribution in [0.2, 0.25) is 0 Å². The van der Waals surface area contributed by atoms with E-state index in [0.717, 1.165) is 13.0 Å². The third-order valence-corrected chi connectivity index (χ3v) is 2.35. The first kappa shape index (κ1) is 15.9. The highest BCUT2D eigenvalue weighted by Crippen LogP contribution is 2.15. The molecule has 0 aliphatic heterocycles. The second-order valence-electron chi connectivity index (χ2n) is 4.21. The largest absolute Gasteiger partial charge is 0.411 e. The molecule has 0 radical (unpaired) electrons. The van der Waals surface area contributed by atoms with Crippen LogP contribution >= 0.6 is 0 Å². The smallest absolute Gasteiger partial charge is 0.364 e. The lowest BCUT2D eigenvalue weighted by Gasteiger charge is -2.09. The Bertz CT molecular complexity index is 368. The van der Waals surface area contributed by atoms with E-state index in [1.165, 1.54) is 0 Å². The van der Waals surface area contributed by atoms with Gasteiger partial charge in [-0.05, 0) is 19.9 Å². The molecule has 0 amide bonds. The molecule has 1 unspecified atom stereocenters. The molecule has 0 aliphatic carbocycles. The summed E-state index contributed by atoms with van der Waals surface area (Å²) >= 11 is 0. The van der Waals surface area contributed by atoms with Gasteiger partial charge in [0, 0.05) is 12.5 Å². The van der Waals surface area contributed by atoms with Crippen molar-refractivity contribution in [3.63, 3.8) is 0 Å². The lowest BCUT2D eigenvalue weighted by atomic mass is 10.2. The molecular weight excluding hydrogens is 263 g/mol. The molecule has 1 heterocycles. The highest BCUT2D eigenvalue weighted by atomic mass is 19.4. The summed E-state index contributed by atoms with van der Waals surface area (Å²) in [6.45, 7) is 3.31. The van der Waals surface area contributed by atoms with Gasteiger partial charge in [0.15, 0.2) is 5.82 Å². The van der Waals surface area contributed by atoms with E-state index in [4.69, 9.17) is 4.52 Å². The lowest BCUT2D eigenvalue weighted by molar-refractivity contribution is -0.177. The number of rotatable bonds is 8.